The van der Waals surface area contributed by atoms with E-state index in [1.54, 1.807) is 0 Å². The van der Waals surface area contributed by atoms with Crippen LogP contribution in [0.3, 0.4) is 0 Å². The third-order valence-corrected chi connectivity index (χ3v) is 14.7. The van der Waals surface area contributed by atoms with Crippen LogP contribution in [0.1, 0.15) is 48.3 Å². The van der Waals surface area contributed by atoms with Crippen LogP contribution in [0.2, 0.25) is 0 Å². The Morgan fingerprint density at radius 1 is 0.605 bits per heavy atom. The van der Waals surface area contributed by atoms with E-state index < -0.39 is 8.07 Å². The maximum atomic E-state index is 2.51. The first kappa shape index (κ1) is 27.6. The zero-order chi connectivity index (χ0) is 29.4. The summed E-state index contributed by atoms with van der Waals surface area (Å²) in [7, 11) is -0.376. The third-order valence-electron chi connectivity index (χ3n) is 9.96. The first-order valence-electron chi connectivity index (χ1n) is 15.8. The summed E-state index contributed by atoms with van der Waals surface area (Å²) in [5, 5.41) is 8.25. The highest BCUT2D eigenvalue weighted by atomic mass is 28.3. The highest BCUT2D eigenvalue weighted by molar-refractivity contribution is 7.20. The van der Waals surface area contributed by atoms with E-state index in [9.17, 15) is 0 Å². The van der Waals surface area contributed by atoms with Gasteiger partial charge in [0.05, 0.1) is 10.9 Å². The second-order valence-electron chi connectivity index (χ2n) is 12.4. The largest absolute Gasteiger partial charge is 0.220 e. The van der Waals surface area contributed by atoms with Gasteiger partial charge < -0.3 is 0 Å². The SMILES string of the molecule is Cc1cc(C2CCCC2)cc(-c2c3ccc([Si](c4ccccc4)(c4ccccc4)c4ccccc4)cc3cc[n+]2C)c1C. The molecule has 0 radical (unpaired) electrons. The van der Waals surface area contributed by atoms with E-state index in [1.165, 1.54) is 85.2 Å². The molecule has 1 aliphatic rings. The van der Waals surface area contributed by atoms with E-state index in [0.717, 1.165) is 0 Å². The first-order valence-corrected chi connectivity index (χ1v) is 17.8. The molecule has 1 nitrogen and oxygen atoms in total. The zero-order valence-corrected chi connectivity index (χ0v) is 26.6. The molecule has 2 heteroatoms. The fourth-order valence-electron chi connectivity index (χ4n) is 7.63. The number of fused-ring (bicyclic) bond motifs is 1. The maximum absolute atomic E-state index is 2.58. The van der Waals surface area contributed by atoms with Crippen LogP contribution < -0.4 is 25.3 Å². The average Bonchev–Trinajstić information content (AvgIpc) is 3.60. The summed E-state index contributed by atoms with van der Waals surface area (Å²) in [5.74, 6) is 0.694. The summed E-state index contributed by atoms with van der Waals surface area (Å²) in [5.41, 5.74) is 7.00. The van der Waals surface area contributed by atoms with Crippen molar-refractivity contribution < 1.29 is 4.57 Å². The van der Waals surface area contributed by atoms with Crippen molar-refractivity contribution in [2.45, 2.75) is 45.4 Å². The highest BCUT2D eigenvalue weighted by Gasteiger charge is 2.41. The highest BCUT2D eigenvalue weighted by Crippen LogP contribution is 2.38. The molecule has 1 aliphatic carbocycles. The maximum Gasteiger partial charge on any atom is 0.220 e. The Balaban J connectivity index is 1.49. The van der Waals surface area contributed by atoms with Gasteiger partial charge in [-0.15, -0.1) is 0 Å². The van der Waals surface area contributed by atoms with E-state index >= 15 is 0 Å². The molecule has 0 unspecified atom stereocenters. The molecule has 0 aliphatic heterocycles. The van der Waals surface area contributed by atoms with E-state index in [2.05, 4.69) is 159 Å². The molecule has 0 atom stereocenters. The van der Waals surface area contributed by atoms with Gasteiger partial charge in [-0.2, -0.15) is 0 Å². The van der Waals surface area contributed by atoms with E-state index in [4.69, 9.17) is 0 Å². The van der Waals surface area contributed by atoms with Gasteiger partial charge in [-0.3, -0.25) is 0 Å². The molecular weight excluding hydrogens is 535 g/mol. The van der Waals surface area contributed by atoms with Gasteiger partial charge >= 0.3 is 0 Å². The Morgan fingerprint density at radius 3 is 1.72 bits per heavy atom. The summed E-state index contributed by atoms with van der Waals surface area (Å²) in [6.45, 7) is 4.59. The predicted octanol–water partition coefficient (Wildman–Crippen LogP) is 6.98. The number of aryl methyl sites for hydroxylation is 2. The smallest absolute Gasteiger partial charge is 0.200 e. The second kappa shape index (κ2) is 11.4. The van der Waals surface area contributed by atoms with Gasteiger partial charge in [0.15, 0.2) is 14.3 Å². The van der Waals surface area contributed by atoms with Crippen molar-refractivity contribution in [1.82, 2.24) is 0 Å². The molecule has 6 aromatic rings. The van der Waals surface area contributed by atoms with Crippen molar-refractivity contribution in [2.75, 3.05) is 0 Å². The van der Waals surface area contributed by atoms with Crippen LogP contribution in [0.15, 0.2) is 134 Å². The quantitative estimate of drug-likeness (QED) is 0.115. The van der Waals surface area contributed by atoms with Crippen LogP contribution in [0.4, 0.5) is 0 Å². The molecule has 0 spiro atoms. The summed E-state index contributed by atoms with van der Waals surface area (Å²) >= 11 is 0. The monoisotopic (exact) mass is 574 g/mol. The minimum atomic E-state index is -2.58. The Bertz CT molecular complexity index is 1790. The fourth-order valence-corrected chi connectivity index (χ4v) is 12.4. The molecule has 1 heterocycles. The predicted molar refractivity (Wildman–Crippen MR) is 185 cm³/mol. The lowest BCUT2D eigenvalue weighted by Crippen LogP contribution is -2.74. The minimum absolute atomic E-state index is 0.694. The molecule has 7 rings (SSSR count). The standard InChI is InChI=1S/C41H40NSi/c1-30-27-34(32-15-13-14-16-32)29-40(31(30)2)41-39-24-23-38(28-33(39)25-26-42(41)3)43(35-17-7-4-8-18-35,36-19-9-5-10-20-36)37-21-11-6-12-22-37/h4-12,17-29,32H,13-16H2,1-3H3/q+1. The molecule has 43 heavy (non-hydrogen) atoms. The van der Waals surface area contributed by atoms with E-state index in [-0.39, 0.29) is 0 Å². The molecule has 0 N–H and O–H groups in total. The number of benzene rings is 5. The minimum Gasteiger partial charge on any atom is -0.200 e. The topological polar surface area (TPSA) is 3.88 Å². The molecule has 5 aromatic carbocycles. The Kier molecular flexibility index (Phi) is 7.32. The summed E-state index contributed by atoms with van der Waals surface area (Å²) in [6.07, 6.45) is 7.60. The lowest BCUT2D eigenvalue weighted by Gasteiger charge is -2.34. The lowest BCUT2D eigenvalue weighted by atomic mass is 9.89. The number of pyridine rings is 1. The lowest BCUT2D eigenvalue weighted by molar-refractivity contribution is -0.659. The second-order valence-corrected chi connectivity index (χ2v) is 16.2. The molecule has 1 saturated carbocycles. The Labute approximate surface area is 257 Å². The Hall–Kier alpha value is -4.27. The number of rotatable bonds is 6. The summed E-state index contributed by atoms with van der Waals surface area (Å²) in [4.78, 5) is 0. The van der Waals surface area contributed by atoms with E-state index in [0.29, 0.717) is 5.92 Å². The summed E-state index contributed by atoms with van der Waals surface area (Å²) in [6, 6.07) is 48.3. The average molecular weight is 575 g/mol. The van der Waals surface area contributed by atoms with Crippen LogP contribution >= 0.6 is 0 Å². The van der Waals surface area contributed by atoms with Crippen LogP contribution in [0.25, 0.3) is 22.0 Å². The van der Waals surface area contributed by atoms with Crippen molar-refractivity contribution in [3.63, 3.8) is 0 Å². The normalized spacial score (nSPS) is 13.9. The fraction of sp³-hybridized carbons (Fsp3) is 0.195. The van der Waals surface area contributed by atoms with Gasteiger partial charge in [-0.25, -0.2) is 4.57 Å². The van der Waals surface area contributed by atoms with Gasteiger partial charge in [0, 0.05) is 6.07 Å². The molecule has 0 saturated heterocycles. The summed E-state index contributed by atoms with van der Waals surface area (Å²) < 4.78 is 2.33. The molecule has 0 bridgehead atoms. The van der Waals surface area contributed by atoms with Gasteiger partial charge in [0.2, 0.25) is 5.69 Å². The van der Waals surface area contributed by atoms with Crippen molar-refractivity contribution in [2.24, 2.45) is 7.05 Å². The third kappa shape index (κ3) is 4.75. The molecule has 212 valence electrons. The van der Waals surface area contributed by atoms with Crippen molar-refractivity contribution in [3.8, 4) is 11.3 Å². The van der Waals surface area contributed by atoms with Gasteiger partial charge in [-0.1, -0.05) is 122 Å². The van der Waals surface area contributed by atoms with Crippen molar-refractivity contribution >= 4 is 39.6 Å². The number of nitrogens with zero attached hydrogens (tertiary/aromatic N) is 1. The molecule has 1 aromatic heterocycles. The Morgan fingerprint density at radius 2 is 1.16 bits per heavy atom. The molecule has 1 fully saturated rings. The number of hydrogen-bond donors (Lipinski definition) is 0. The van der Waals surface area contributed by atoms with Crippen molar-refractivity contribution in [3.05, 3.63) is 150 Å². The molecular formula is C41H40NSi+. The molecule has 0 amide bonds. The number of hydrogen-bond acceptors (Lipinski definition) is 0. The van der Waals surface area contributed by atoms with E-state index in [1.807, 2.05) is 0 Å². The van der Waals surface area contributed by atoms with Crippen molar-refractivity contribution in [1.29, 1.82) is 0 Å². The zero-order valence-electron chi connectivity index (χ0n) is 25.6. The number of aromatic nitrogens is 1. The van der Waals surface area contributed by atoms with Gasteiger partial charge in [-0.05, 0) is 87.6 Å². The van der Waals surface area contributed by atoms with Crippen LogP contribution in [-0.4, -0.2) is 8.07 Å². The first-order chi connectivity index (χ1) is 21.1. The van der Waals surface area contributed by atoms with Crippen LogP contribution in [0, 0.1) is 13.8 Å². The van der Waals surface area contributed by atoms with Gasteiger partial charge in [0.1, 0.15) is 7.05 Å². The van der Waals surface area contributed by atoms with Gasteiger partial charge in [0.25, 0.3) is 0 Å². The van der Waals surface area contributed by atoms with Crippen LogP contribution in [-0.2, 0) is 7.05 Å². The van der Waals surface area contributed by atoms with Crippen LogP contribution in [0.5, 0.6) is 0 Å².